The van der Waals surface area contributed by atoms with Crippen molar-refractivity contribution >= 4 is 20.0 Å². The molecule has 0 saturated carbocycles. The second-order valence-electron chi connectivity index (χ2n) is 3.47. The molecule has 0 aromatic rings. The summed E-state index contributed by atoms with van der Waals surface area (Å²) >= 11 is 0. The van der Waals surface area contributed by atoms with Gasteiger partial charge in [0.15, 0.2) is 9.84 Å². The van der Waals surface area contributed by atoms with Crippen LogP contribution in [0.3, 0.4) is 0 Å². The van der Waals surface area contributed by atoms with Gasteiger partial charge in [0.05, 0.1) is 11.5 Å². The van der Waals surface area contributed by atoms with Crippen LogP contribution in [-0.4, -0.2) is 63.6 Å². The topological polar surface area (TPSA) is 74.8 Å². The van der Waals surface area contributed by atoms with E-state index in [0.29, 0.717) is 6.54 Å². The SMILES string of the molecule is CCN(C)S(=O)(=O)N1CCS(=O)(=O)CC1. The van der Waals surface area contributed by atoms with E-state index in [0.717, 1.165) is 0 Å². The molecule has 0 unspecified atom stereocenters. The Bertz CT molecular complexity index is 400. The minimum atomic E-state index is -3.46. The fraction of sp³-hybridized carbons (Fsp3) is 1.00. The van der Waals surface area contributed by atoms with Crippen molar-refractivity contribution in [2.75, 3.05) is 38.2 Å². The summed E-state index contributed by atoms with van der Waals surface area (Å²) in [4.78, 5) is 0. The lowest BCUT2D eigenvalue weighted by Crippen LogP contribution is -2.48. The summed E-state index contributed by atoms with van der Waals surface area (Å²) in [6.45, 7) is 2.24. The molecule has 6 nitrogen and oxygen atoms in total. The molecule has 1 aliphatic heterocycles. The van der Waals surface area contributed by atoms with E-state index in [-0.39, 0.29) is 24.6 Å². The van der Waals surface area contributed by atoms with Crippen LogP contribution >= 0.6 is 0 Å². The Hall–Kier alpha value is -0.180. The van der Waals surface area contributed by atoms with Crippen LogP contribution < -0.4 is 0 Å². The zero-order chi connectivity index (χ0) is 11.7. The first-order valence-electron chi connectivity index (χ1n) is 4.71. The summed E-state index contributed by atoms with van der Waals surface area (Å²) in [6.07, 6.45) is 0. The van der Waals surface area contributed by atoms with E-state index in [4.69, 9.17) is 0 Å². The highest BCUT2D eigenvalue weighted by atomic mass is 32.2. The minimum absolute atomic E-state index is 0.0645. The van der Waals surface area contributed by atoms with Crippen molar-refractivity contribution in [3.8, 4) is 0 Å². The summed E-state index contributed by atoms with van der Waals surface area (Å²) in [5.41, 5.74) is 0. The largest absolute Gasteiger partial charge is 0.281 e. The lowest BCUT2D eigenvalue weighted by Gasteiger charge is -2.29. The maximum absolute atomic E-state index is 11.8. The molecule has 0 atom stereocenters. The first-order chi connectivity index (χ1) is 6.79. The van der Waals surface area contributed by atoms with Crippen LogP contribution in [0.15, 0.2) is 0 Å². The van der Waals surface area contributed by atoms with Gasteiger partial charge in [-0.3, -0.25) is 0 Å². The Morgan fingerprint density at radius 1 is 1.27 bits per heavy atom. The van der Waals surface area contributed by atoms with E-state index >= 15 is 0 Å². The van der Waals surface area contributed by atoms with Crippen LogP contribution in [0, 0.1) is 0 Å². The molecule has 0 aromatic heterocycles. The quantitative estimate of drug-likeness (QED) is 0.643. The van der Waals surface area contributed by atoms with Gasteiger partial charge in [0, 0.05) is 26.7 Å². The molecule has 1 aliphatic rings. The lowest BCUT2D eigenvalue weighted by atomic mass is 10.6. The zero-order valence-electron chi connectivity index (χ0n) is 8.88. The molecule has 0 N–H and O–H groups in total. The van der Waals surface area contributed by atoms with Gasteiger partial charge in [-0.1, -0.05) is 6.92 Å². The maximum atomic E-state index is 11.8. The van der Waals surface area contributed by atoms with E-state index in [2.05, 4.69) is 0 Å². The van der Waals surface area contributed by atoms with Crippen LogP contribution in [-0.2, 0) is 20.0 Å². The average Bonchev–Trinajstić information content (AvgIpc) is 2.15. The molecular weight excluding hydrogens is 240 g/mol. The van der Waals surface area contributed by atoms with Gasteiger partial charge in [0.25, 0.3) is 10.2 Å². The molecule has 90 valence electrons. The van der Waals surface area contributed by atoms with Crippen molar-refractivity contribution in [3.63, 3.8) is 0 Å². The van der Waals surface area contributed by atoms with Gasteiger partial charge in [0.1, 0.15) is 0 Å². The monoisotopic (exact) mass is 256 g/mol. The van der Waals surface area contributed by atoms with Crippen LogP contribution in [0.1, 0.15) is 6.92 Å². The van der Waals surface area contributed by atoms with Crippen LogP contribution in [0.5, 0.6) is 0 Å². The van der Waals surface area contributed by atoms with Crippen molar-refractivity contribution < 1.29 is 16.8 Å². The zero-order valence-corrected chi connectivity index (χ0v) is 10.5. The summed E-state index contributed by atoms with van der Waals surface area (Å²) in [6, 6.07) is 0. The van der Waals surface area contributed by atoms with Crippen molar-refractivity contribution in [1.82, 2.24) is 8.61 Å². The van der Waals surface area contributed by atoms with Crippen molar-refractivity contribution in [3.05, 3.63) is 0 Å². The fourth-order valence-electron chi connectivity index (χ4n) is 1.29. The van der Waals surface area contributed by atoms with Crippen molar-refractivity contribution in [2.24, 2.45) is 0 Å². The Morgan fingerprint density at radius 3 is 2.13 bits per heavy atom. The standard InChI is InChI=1S/C7H16N2O4S2/c1-3-8(2)15(12,13)9-4-6-14(10,11)7-5-9/h3-7H2,1-2H3. The minimum Gasteiger partial charge on any atom is -0.229 e. The van der Waals surface area contributed by atoms with Crippen molar-refractivity contribution in [1.29, 1.82) is 0 Å². The van der Waals surface area contributed by atoms with E-state index in [1.54, 1.807) is 6.92 Å². The van der Waals surface area contributed by atoms with Gasteiger partial charge in [-0.2, -0.15) is 17.0 Å². The fourth-order valence-corrected chi connectivity index (χ4v) is 4.08. The van der Waals surface area contributed by atoms with Gasteiger partial charge >= 0.3 is 0 Å². The third-order valence-corrected chi connectivity index (χ3v) is 6.14. The van der Waals surface area contributed by atoms with E-state index in [1.165, 1.54) is 15.7 Å². The second kappa shape index (κ2) is 4.36. The maximum Gasteiger partial charge on any atom is 0.281 e. The summed E-state index contributed by atoms with van der Waals surface area (Å²) < 4.78 is 48.3. The third-order valence-electron chi connectivity index (χ3n) is 2.47. The lowest BCUT2D eigenvalue weighted by molar-refractivity contribution is 0.377. The molecule has 0 radical (unpaired) electrons. The first kappa shape index (κ1) is 12.9. The predicted molar refractivity (Wildman–Crippen MR) is 57.5 cm³/mol. The molecule has 1 saturated heterocycles. The van der Waals surface area contributed by atoms with Gasteiger partial charge in [-0.05, 0) is 0 Å². The third kappa shape index (κ3) is 2.90. The molecule has 0 aliphatic carbocycles. The number of hydrogen-bond acceptors (Lipinski definition) is 4. The predicted octanol–water partition coefficient (Wildman–Crippen LogP) is -1.09. The highest BCUT2D eigenvalue weighted by Crippen LogP contribution is 2.11. The van der Waals surface area contributed by atoms with Gasteiger partial charge < -0.3 is 0 Å². The number of hydrogen-bond donors (Lipinski definition) is 0. The van der Waals surface area contributed by atoms with Gasteiger partial charge in [-0.25, -0.2) is 8.42 Å². The van der Waals surface area contributed by atoms with Crippen LogP contribution in [0.25, 0.3) is 0 Å². The molecule has 0 bridgehead atoms. The Kier molecular flexibility index (Phi) is 3.75. The summed E-state index contributed by atoms with van der Waals surface area (Å²) in [7, 11) is -5.01. The molecule has 8 heteroatoms. The van der Waals surface area contributed by atoms with Crippen LogP contribution in [0.4, 0.5) is 0 Å². The molecule has 15 heavy (non-hydrogen) atoms. The number of sulfone groups is 1. The highest BCUT2D eigenvalue weighted by molar-refractivity contribution is 7.91. The van der Waals surface area contributed by atoms with Crippen LogP contribution in [0.2, 0.25) is 0 Å². The van der Waals surface area contributed by atoms with Crippen molar-refractivity contribution in [2.45, 2.75) is 6.92 Å². The molecule has 1 rings (SSSR count). The molecule has 1 heterocycles. The smallest absolute Gasteiger partial charge is 0.229 e. The second-order valence-corrected chi connectivity index (χ2v) is 7.81. The first-order valence-corrected chi connectivity index (χ1v) is 7.93. The summed E-state index contributed by atoms with van der Waals surface area (Å²) in [5.74, 6) is -0.159. The van der Waals surface area contributed by atoms with E-state index in [1.807, 2.05) is 0 Å². The summed E-state index contributed by atoms with van der Waals surface area (Å²) in [5, 5.41) is 0. The molecule has 0 aromatic carbocycles. The molecule has 0 amide bonds. The Morgan fingerprint density at radius 2 is 1.73 bits per heavy atom. The Balaban J connectivity index is 2.77. The van der Waals surface area contributed by atoms with Gasteiger partial charge in [-0.15, -0.1) is 0 Å². The Labute approximate surface area is 91.0 Å². The van der Waals surface area contributed by atoms with E-state index < -0.39 is 20.0 Å². The average molecular weight is 256 g/mol. The van der Waals surface area contributed by atoms with Gasteiger partial charge in [0.2, 0.25) is 0 Å². The molecule has 0 spiro atoms. The number of nitrogens with zero attached hydrogens (tertiary/aromatic N) is 2. The molecule has 1 fully saturated rings. The van der Waals surface area contributed by atoms with E-state index in [9.17, 15) is 16.8 Å². The molecular formula is C7H16N2O4S2. The highest BCUT2D eigenvalue weighted by Gasteiger charge is 2.31. The normalized spacial score (nSPS) is 23.1. The number of rotatable bonds is 3.